The van der Waals surface area contributed by atoms with E-state index in [2.05, 4.69) is 15.3 Å². The second-order valence-corrected chi connectivity index (χ2v) is 9.67. The number of hydrogen-bond donors (Lipinski definition) is 3. The quantitative estimate of drug-likeness (QED) is 0.280. The van der Waals surface area contributed by atoms with Crippen molar-refractivity contribution in [3.05, 3.63) is 83.7 Å². The summed E-state index contributed by atoms with van der Waals surface area (Å²) in [5.74, 6) is -2.13. The molecule has 2 atom stereocenters. The van der Waals surface area contributed by atoms with Crippen molar-refractivity contribution in [1.29, 1.82) is 0 Å². The molecule has 2 amide bonds. The predicted molar refractivity (Wildman–Crippen MR) is 152 cm³/mol. The molecule has 1 aliphatic rings. The Morgan fingerprint density at radius 3 is 2.23 bits per heavy atom. The Kier molecular flexibility index (Phi) is 10.7. The average Bonchev–Trinajstić information content (AvgIpc) is 3.03. The summed E-state index contributed by atoms with van der Waals surface area (Å²) in [4.78, 5) is 65.4. The molecule has 2 heterocycles. The van der Waals surface area contributed by atoms with Gasteiger partial charge in [0.1, 0.15) is 17.8 Å². The Morgan fingerprint density at radius 1 is 0.953 bits per heavy atom. The second-order valence-electron chi connectivity index (χ2n) is 9.67. The number of nitrogens with one attached hydrogen (secondary N) is 1. The summed E-state index contributed by atoms with van der Waals surface area (Å²) in [6.45, 7) is 2.58. The van der Waals surface area contributed by atoms with Crippen LogP contribution in [-0.2, 0) is 19.2 Å². The summed E-state index contributed by atoms with van der Waals surface area (Å²) in [6, 6.07) is 17.9. The first kappa shape index (κ1) is 31.1. The number of hydroxylamine groups is 2. The van der Waals surface area contributed by atoms with Crippen LogP contribution in [0.2, 0.25) is 0 Å². The van der Waals surface area contributed by atoms with Crippen LogP contribution >= 0.6 is 0 Å². The van der Waals surface area contributed by atoms with Gasteiger partial charge in [0.2, 0.25) is 5.91 Å². The maximum atomic E-state index is 13.5. The van der Waals surface area contributed by atoms with Crippen molar-refractivity contribution in [2.24, 2.45) is 0 Å². The number of aliphatic hydroxyl groups excluding tert-OH is 1. The van der Waals surface area contributed by atoms with E-state index >= 15 is 0 Å². The molecule has 3 N–H and O–H groups in total. The highest BCUT2D eigenvalue weighted by Gasteiger charge is 2.31. The summed E-state index contributed by atoms with van der Waals surface area (Å²) < 4.78 is 4.77. The molecule has 4 rings (SSSR count). The SMILES string of the molecule is CCOC(=O)ON1CCN(C(=O)C(CCC(=O)O)NC(=O)c2cc([C@@H](O)c3ccccc3)nc(-c3ccccc3)n2)CC1. The molecule has 2 aromatic carbocycles. The minimum atomic E-state index is -1.17. The van der Waals surface area contributed by atoms with E-state index in [-0.39, 0.29) is 62.8 Å². The van der Waals surface area contributed by atoms with Crippen LogP contribution in [-0.4, -0.2) is 92.9 Å². The van der Waals surface area contributed by atoms with Gasteiger partial charge in [-0.25, -0.2) is 14.8 Å². The summed E-state index contributed by atoms with van der Waals surface area (Å²) >= 11 is 0. The highest BCUT2D eigenvalue weighted by Crippen LogP contribution is 2.24. The molecular formula is C30H33N5O8. The largest absolute Gasteiger partial charge is 0.527 e. The zero-order valence-corrected chi connectivity index (χ0v) is 23.6. The smallest absolute Gasteiger partial charge is 0.481 e. The normalized spacial score (nSPS) is 14.8. The van der Waals surface area contributed by atoms with Crippen LogP contribution in [0.25, 0.3) is 11.4 Å². The molecule has 43 heavy (non-hydrogen) atoms. The number of amides is 2. The van der Waals surface area contributed by atoms with E-state index in [1.165, 1.54) is 16.0 Å². The molecule has 1 aliphatic heterocycles. The van der Waals surface area contributed by atoms with Crippen LogP contribution in [0.1, 0.15) is 47.6 Å². The first-order chi connectivity index (χ1) is 20.7. The van der Waals surface area contributed by atoms with E-state index < -0.39 is 36.1 Å². The van der Waals surface area contributed by atoms with Gasteiger partial charge in [-0.1, -0.05) is 60.7 Å². The number of hydrogen-bond acceptors (Lipinski definition) is 10. The lowest BCUT2D eigenvalue weighted by molar-refractivity contribution is -0.157. The number of carbonyl (C=O) groups excluding carboxylic acids is 3. The molecule has 0 radical (unpaired) electrons. The number of aromatic nitrogens is 2. The molecule has 226 valence electrons. The zero-order chi connectivity index (χ0) is 30.8. The van der Waals surface area contributed by atoms with Gasteiger partial charge in [0, 0.05) is 25.1 Å². The van der Waals surface area contributed by atoms with E-state index in [9.17, 15) is 29.4 Å². The molecule has 3 aromatic rings. The number of carboxylic acids is 1. The number of nitrogens with zero attached hydrogens (tertiary/aromatic N) is 4. The number of rotatable bonds is 11. The maximum Gasteiger partial charge on any atom is 0.527 e. The van der Waals surface area contributed by atoms with Gasteiger partial charge in [0.15, 0.2) is 5.82 Å². The van der Waals surface area contributed by atoms with Gasteiger partial charge < -0.3 is 30.0 Å². The van der Waals surface area contributed by atoms with Crippen LogP contribution in [0.5, 0.6) is 0 Å². The zero-order valence-electron chi connectivity index (χ0n) is 23.6. The van der Waals surface area contributed by atoms with E-state index in [0.29, 0.717) is 11.1 Å². The second kappa shape index (κ2) is 14.8. The predicted octanol–water partition coefficient (Wildman–Crippen LogP) is 2.42. The van der Waals surface area contributed by atoms with Gasteiger partial charge in [0.25, 0.3) is 5.91 Å². The van der Waals surface area contributed by atoms with Gasteiger partial charge in [-0.2, -0.15) is 0 Å². The molecule has 13 nitrogen and oxygen atoms in total. The monoisotopic (exact) mass is 591 g/mol. The van der Waals surface area contributed by atoms with E-state index in [0.717, 1.165) is 0 Å². The fourth-order valence-electron chi connectivity index (χ4n) is 4.47. The van der Waals surface area contributed by atoms with E-state index in [1.807, 2.05) is 12.1 Å². The van der Waals surface area contributed by atoms with Crippen molar-refractivity contribution in [1.82, 2.24) is 25.2 Å². The Balaban J connectivity index is 1.55. The number of carboxylic acid groups (broad SMARTS) is 1. The fraction of sp³-hybridized carbons (Fsp3) is 0.333. The summed E-state index contributed by atoms with van der Waals surface area (Å²) in [7, 11) is 0. The molecule has 0 saturated carbocycles. The first-order valence-electron chi connectivity index (χ1n) is 13.8. The van der Waals surface area contributed by atoms with Crippen molar-refractivity contribution in [2.75, 3.05) is 32.8 Å². The first-order valence-corrected chi connectivity index (χ1v) is 13.8. The molecule has 0 bridgehead atoms. The number of ether oxygens (including phenoxy) is 1. The Hall–Kier alpha value is -4.88. The number of carbonyl (C=O) groups is 4. The van der Waals surface area contributed by atoms with Crippen LogP contribution in [0.15, 0.2) is 66.7 Å². The summed E-state index contributed by atoms with van der Waals surface area (Å²) in [5.41, 5.74) is 1.25. The van der Waals surface area contributed by atoms with Gasteiger partial charge in [-0.05, 0) is 25.0 Å². The van der Waals surface area contributed by atoms with Gasteiger partial charge in [-0.15, -0.1) is 5.06 Å². The standard InChI is InChI=1S/C30H33N5O8/c1-2-42-30(41)43-35-17-15-34(16-18-35)29(40)22(13-14-25(36)37)33-28(39)24-19-23(26(38)20-9-5-3-6-10-20)31-27(32-24)21-11-7-4-8-12-21/h3-12,19,22,26,38H,2,13-18H2,1H3,(H,33,39)(H,36,37)/t22?,26-/m0/s1. The van der Waals surface area contributed by atoms with Gasteiger partial charge in [0.05, 0.1) is 25.4 Å². The third-order valence-electron chi connectivity index (χ3n) is 6.67. The highest BCUT2D eigenvalue weighted by molar-refractivity contribution is 5.96. The van der Waals surface area contributed by atoms with Crippen LogP contribution < -0.4 is 5.32 Å². The van der Waals surface area contributed by atoms with Crippen molar-refractivity contribution < 1.29 is 39.0 Å². The van der Waals surface area contributed by atoms with E-state index in [1.54, 1.807) is 55.5 Å². The molecule has 1 unspecified atom stereocenters. The molecule has 1 aromatic heterocycles. The maximum absolute atomic E-state index is 13.5. The van der Waals surface area contributed by atoms with Crippen molar-refractivity contribution in [3.8, 4) is 11.4 Å². The number of piperazine rings is 1. The minimum absolute atomic E-state index is 0.0976. The average molecular weight is 592 g/mol. The van der Waals surface area contributed by atoms with Crippen molar-refractivity contribution in [2.45, 2.75) is 31.9 Å². The highest BCUT2D eigenvalue weighted by atomic mass is 16.8. The van der Waals surface area contributed by atoms with Gasteiger partial charge in [-0.3, -0.25) is 14.4 Å². The Bertz CT molecular complexity index is 1410. The van der Waals surface area contributed by atoms with Crippen LogP contribution in [0.4, 0.5) is 4.79 Å². The third kappa shape index (κ3) is 8.56. The summed E-state index contributed by atoms with van der Waals surface area (Å²) in [6.07, 6.45) is -2.52. The van der Waals surface area contributed by atoms with Crippen molar-refractivity contribution in [3.63, 3.8) is 0 Å². The van der Waals surface area contributed by atoms with Crippen LogP contribution in [0.3, 0.4) is 0 Å². The number of benzene rings is 2. The number of aliphatic hydroxyl groups is 1. The lowest BCUT2D eigenvalue weighted by Crippen LogP contribution is -2.55. The molecular weight excluding hydrogens is 558 g/mol. The van der Waals surface area contributed by atoms with Crippen LogP contribution in [0, 0.1) is 0 Å². The van der Waals surface area contributed by atoms with E-state index in [4.69, 9.17) is 9.57 Å². The lowest BCUT2D eigenvalue weighted by Gasteiger charge is -2.35. The molecule has 1 saturated heterocycles. The van der Waals surface area contributed by atoms with Crippen molar-refractivity contribution >= 4 is 23.9 Å². The lowest BCUT2D eigenvalue weighted by atomic mass is 10.0. The molecule has 0 spiro atoms. The summed E-state index contributed by atoms with van der Waals surface area (Å²) in [5, 5.41) is 24.4. The molecule has 13 heteroatoms. The Morgan fingerprint density at radius 2 is 1.60 bits per heavy atom. The third-order valence-corrected chi connectivity index (χ3v) is 6.67. The van der Waals surface area contributed by atoms with Gasteiger partial charge >= 0.3 is 12.1 Å². The number of aliphatic carboxylic acids is 1. The Labute approximate surface area is 248 Å². The topological polar surface area (TPSA) is 171 Å². The fourth-order valence-corrected chi connectivity index (χ4v) is 4.47. The molecule has 1 fully saturated rings. The molecule has 0 aliphatic carbocycles. The minimum Gasteiger partial charge on any atom is -0.481 e.